The second-order valence-electron chi connectivity index (χ2n) is 8.73. The van der Waals surface area contributed by atoms with Gasteiger partial charge in [-0.1, -0.05) is 78.9 Å². The monoisotopic (exact) mass is 435 g/mol. The second-order valence-corrected chi connectivity index (χ2v) is 8.73. The summed E-state index contributed by atoms with van der Waals surface area (Å²) in [6, 6.07) is 42.7. The first kappa shape index (κ1) is 19.0. The number of nitrogens with one attached hydrogen (secondary N) is 1. The molecule has 1 heterocycles. The lowest BCUT2D eigenvalue weighted by molar-refractivity contribution is 0.669. The maximum absolute atomic E-state index is 5.97. The average Bonchev–Trinajstić information content (AvgIpc) is 3.27. The quantitative estimate of drug-likeness (QED) is 0.280. The van der Waals surface area contributed by atoms with Crippen LogP contribution in [0.4, 0.5) is 11.4 Å². The van der Waals surface area contributed by atoms with E-state index in [2.05, 4.69) is 115 Å². The Morgan fingerprint density at radius 3 is 2.00 bits per heavy atom. The van der Waals surface area contributed by atoms with E-state index in [9.17, 15) is 0 Å². The molecule has 0 saturated carbocycles. The van der Waals surface area contributed by atoms with Crippen molar-refractivity contribution >= 4 is 54.9 Å². The van der Waals surface area contributed by atoms with Crippen LogP contribution in [0.3, 0.4) is 0 Å². The molecule has 0 spiro atoms. The van der Waals surface area contributed by atoms with E-state index in [0.29, 0.717) is 0 Å². The highest BCUT2D eigenvalue weighted by atomic mass is 16.3. The molecule has 1 aromatic heterocycles. The van der Waals surface area contributed by atoms with E-state index in [1.165, 1.54) is 32.7 Å². The van der Waals surface area contributed by atoms with Crippen molar-refractivity contribution in [1.82, 2.24) is 0 Å². The van der Waals surface area contributed by atoms with Crippen molar-refractivity contribution in [2.45, 2.75) is 0 Å². The fourth-order valence-electron chi connectivity index (χ4n) is 4.91. The van der Waals surface area contributed by atoms with Gasteiger partial charge >= 0.3 is 0 Å². The largest absolute Gasteiger partial charge is 0.456 e. The van der Waals surface area contributed by atoms with Gasteiger partial charge in [0.2, 0.25) is 0 Å². The van der Waals surface area contributed by atoms with E-state index < -0.39 is 0 Å². The third-order valence-electron chi connectivity index (χ3n) is 6.63. The van der Waals surface area contributed by atoms with Gasteiger partial charge in [-0.3, -0.25) is 0 Å². The van der Waals surface area contributed by atoms with Gasteiger partial charge in [-0.15, -0.1) is 0 Å². The molecule has 2 nitrogen and oxygen atoms in total. The summed E-state index contributed by atoms with van der Waals surface area (Å²) in [5.74, 6) is 0. The first-order valence-electron chi connectivity index (χ1n) is 11.5. The highest BCUT2D eigenvalue weighted by Crippen LogP contribution is 2.33. The smallest absolute Gasteiger partial charge is 0.135 e. The fraction of sp³-hybridized carbons (Fsp3) is 0. The Labute approximate surface area is 197 Å². The number of para-hydroxylation sites is 1. The summed E-state index contributed by atoms with van der Waals surface area (Å²) in [5, 5.41) is 10.9. The minimum atomic E-state index is 0.923. The van der Waals surface area contributed by atoms with Gasteiger partial charge in [-0.05, 0) is 75.1 Å². The Morgan fingerprint density at radius 2 is 1.09 bits per heavy atom. The van der Waals surface area contributed by atoms with Gasteiger partial charge in [-0.2, -0.15) is 0 Å². The molecule has 7 rings (SSSR count). The number of furan rings is 1. The summed E-state index contributed by atoms with van der Waals surface area (Å²) < 4.78 is 5.97. The molecule has 0 unspecified atom stereocenters. The Kier molecular flexibility index (Phi) is 4.18. The van der Waals surface area contributed by atoms with E-state index in [4.69, 9.17) is 4.42 Å². The number of benzene rings is 6. The van der Waals surface area contributed by atoms with Crippen molar-refractivity contribution in [2.75, 3.05) is 5.32 Å². The van der Waals surface area contributed by atoms with Crippen LogP contribution in [0.2, 0.25) is 0 Å². The third-order valence-corrected chi connectivity index (χ3v) is 6.63. The van der Waals surface area contributed by atoms with E-state index in [0.717, 1.165) is 33.3 Å². The summed E-state index contributed by atoms with van der Waals surface area (Å²) in [7, 11) is 0. The van der Waals surface area contributed by atoms with Crippen molar-refractivity contribution in [3.05, 3.63) is 121 Å². The third kappa shape index (κ3) is 3.12. The predicted molar refractivity (Wildman–Crippen MR) is 144 cm³/mol. The van der Waals surface area contributed by atoms with E-state index in [-0.39, 0.29) is 0 Å². The van der Waals surface area contributed by atoms with Gasteiger partial charge in [0, 0.05) is 22.1 Å². The molecule has 0 radical (unpaired) electrons. The van der Waals surface area contributed by atoms with Crippen LogP contribution in [0, 0.1) is 0 Å². The van der Waals surface area contributed by atoms with Crippen LogP contribution in [0.1, 0.15) is 0 Å². The zero-order chi connectivity index (χ0) is 22.5. The molecule has 0 aliphatic carbocycles. The molecule has 1 N–H and O–H groups in total. The zero-order valence-corrected chi connectivity index (χ0v) is 18.5. The summed E-state index contributed by atoms with van der Waals surface area (Å²) in [6.45, 7) is 0. The first-order chi connectivity index (χ1) is 16.8. The van der Waals surface area contributed by atoms with Gasteiger partial charge < -0.3 is 9.73 Å². The minimum Gasteiger partial charge on any atom is -0.456 e. The van der Waals surface area contributed by atoms with Crippen molar-refractivity contribution in [1.29, 1.82) is 0 Å². The van der Waals surface area contributed by atoms with Crippen molar-refractivity contribution < 1.29 is 4.42 Å². The molecular formula is C32H21NO. The molecule has 7 aromatic rings. The van der Waals surface area contributed by atoms with Crippen molar-refractivity contribution in [3.63, 3.8) is 0 Å². The SMILES string of the molecule is c1ccc2c(c1)ccc1cc(Nc3ccc(-c4ccc5oc6ccccc6c5c4)cc3)ccc12. The Hall–Kier alpha value is -4.56. The summed E-state index contributed by atoms with van der Waals surface area (Å²) in [6.07, 6.45) is 0. The molecule has 0 bridgehead atoms. The molecule has 2 heteroatoms. The minimum absolute atomic E-state index is 0.923. The van der Waals surface area contributed by atoms with Crippen LogP contribution in [0.5, 0.6) is 0 Å². The van der Waals surface area contributed by atoms with Crippen LogP contribution < -0.4 is 5.32 Å². The molecule has 0 fully saturated rings. The van der Waals surface area contributed by atoms with Crippen LogP contribution in [-0.2, 0) is 0 Å². The number of fused-ring (bicyclic) bond motifs is 6. The fourth-order valence-corrected chi connectivity index (χ4v) is 4.91. The standard InChI is InChI=1S/C32H21NO/c1-2-6-27-22(5-1)9-10-24-19-26(16-17-28(24)27)33-25-14-11-21(12-15-25)23-13-18-32-30(20-23)29-7-3-4-8-31(29)34-32/h1-20,33H. The zero-order valence-electron chi connectivity index (χ0n) is 18.5. The number of rotatable bonds is 3. The molecule has 0 atom stereocenters. The summed E-state index contributed by atoms with van der Waals surface area (Å²) in [4.78, 5) is 0. The van der Waals surface area contributed by atoms with Gasteiger partial charge in [-0.25, -0.2) is 0 Å². The molecule has 0 aliphatic rings. The van der Waals surface area contributed by atoms with Crippen LogP contribution >= 0.6 is 0 Å². The molecular weight excluding hydrogens is 414 g/mol. The molecule has 160 valence electrons. The lowest BCUT2D eigenvalue weighted by Gasteiger charge is -2.10. The second kappa shape index (κ2) is 7.50. The Balaban J connectivity index is 1.19. The van der Waals surface area contributed by atoms with Crippen LogP contribution in [-0.4, -0.2) is 0 Å². The maximum Gasteiger partial charge on any atom is 0.135 e. The molecule has 6 aromatic carbocycles. The van der Waals surface area contributed by atoms with Crippen LogP contribution in [0.25, 0.3) is 54.6 Å². The summed E-state index contributed by atoms with van der Waals surface area (Å²) in [5.41, 5.74) is 6.37. The lowest BCUT2D eigenvalue weighted by atomic mass is 10.0. The van der Waals surface area contributed by atoms with E-state index in [1.54, 1.807) is 0 Å². The normalized spacial score (nSPS) is 11.5. The molecule has 0 saturated heterocycles. The van der Waals surface area contributed by atoms with Crippen molar-refractivity contribution in [3.8, 4) is 11.1 Å². The summed E-state index contributed by atoms with van der Waals surface area (Å²) >= 11 is 0. The van der Waals surface area contributed by atoms with Gasteiger partial charge in [0.1, 0.15) is 11.2 Å². The number of hydrogen-bond acceptors (Lipinski definition) is 2. The number of anilines is 2. The van der Waals surface area contributed by atoms with Gasteiger partial charge in [0.05, 0.1) is 0 Å². The van der Waals surface area contributed by atoms with Crippen LogP contribution in [0.15, 0.2) is 126 Å². The molecule has 34 heavy (non-hydrogen) atoms. The topological polar surface area (TPSA) is 25.2 Å². The molecule has 0 amide bonds. The predicted octanol–water partition coefficient (Wildman–Crippen LogP) is 9.30. The van der Waals surface area contributed by atoms with Gasteiger partial charge in [0.25, 0.3) is 0 Å². The Bertz CT molecular complexity index is 1830. The molecule has 0 aliphatic heterocycles. The highest BCUT2D eigenvalue weighted by Gasteiger charge is 2.08. The van der Waals surface area contributed by atoms with E-state index >= 15 is 0 Å². The van der Waals surface area contributed by atoms with E-state index in [1.807, 2.05) is 12.1 Å². The average molecular weight is 436 g/mol. The maximum atomic E-state index is 5.97. The Morgan fingerprint density at radius 1 is 0.412 bits per heavy atom. The first-order valence-corrected chi connectivity index (χ1v) is 11.5. The highest BCUT2D eigenvalue weighted by molar-refractivity contribution is 6.08. The lowest BCUT2D eigenvalue weighted by Crippen LogP contribution is -1.90. The van der Waals surface area contributed by atoms with Gasteiger partial charge in [0.15, 0.2) is 0 Å². The van der Waals surface area contributed by atoms with Crippen molar-refractivity contribution in [2.24, 2.45) is 0 Å². The number of hydrogen-bond donors (Lipinski definition) is 1.